The summed E-state index contributed by atoms with van der Waals surface area (Å²) in [6.45, 7) is 8.62. The third kappa shape index (κ3) is 3.11. The second-order valence-corrected chi connectivity index (χ2v) is 7.01. The number of nitrogens with one attached hydrogen (secondary N) is 1. The summed E-state index contributed by atoms with van der Waals surface area (Å²) in [6, 6.07) is 8.30. The van der Waals surface area contributed by atoms with Crippen LogP contribution in [0.25, 0.3) is 11.4 Å². The lowest BCUT2D eigenvalue weighted by atomic mass is 9.91. The first-order chi connectivity index (χ1) is 9.32. The van der Waals surface area contributed by atoms with E-state index in [9.17, 15) is 0 Å². The quantitative estimate of drug-likeness (QED) is 0.784. The monoisotopic (exact) mass is 381 g/mol. The Hall–Kier alpha value is -1.17. The number of aryl methyl sites for hydroxylation is 1. The maximum Gasteiger partial charge on any atom is 0.161 e. The molecule has 0 spiro atoms. The fourth-order valence-electron chi connectivity index (χ4n) is 2.02. The van der Waals surface area contributed by atoms with Gasteiger partial charge >= 0.3 is 0 Å². The SMILES string of the molecule is CNc1nc(-c2cccc(C)c2)nc(C(C)(C)C)c1I. The summed E-state index contributed by atoms with van der Waals surface area (Å²) in [5.41, 5.74) is 3.34. The van der Waals surface area contributed by atoms with Crippen molar-refractivity contribution in [3.8, 4) is 11.4 Å². The first kappa shape index (κ1) is 15.2. The van der Waals surface area contributed by atoms with Gasteiger partial charge in [0.05, 0.1) is 9.26 Å². The Morgan fingerprint density at radius 1 is 1.15 bits per heavy atom. The van der Waals surface area contributed by atoms with Crippen LogP contribution in [0.5, 0.6) is 0 Å². The first-order valence-electron chi connectivity index (χ1n) is 6.65. The maximum absolute atomic E-state index is 4.80. The molecule has 3 nitrogen and oxygen atoms in total. The summed E-state index contributed by atoms with van der Waals surface area (Å²) in [4.78, 5) is 9.45. The van der Waals surface area contributed by atoms with Crippen LogP contribution >= 0.6 is 22.6 Å². The van der Waals surface area contributed by atoms with Gasteiger partial charge in [-0.2, -0.15) is 0 Å². The maximum atomic E-state index is 4.80. The lowest BCUT2D eigenvalue weighted by Gasteiger charge is -2.21. The average Bonchev–Trinajstić information content (AvgIpc) is 2.37. The van der Waals surface area contributed by atoms with Gasteiger partial charge in [0.2, 0.25) is 0 Å². The van der Waals surface area contributed by atoms with Crippen LogP contribution in [0.3, 0.4) is 0 Å². The van der Waals surface area contributed by atoms with Crippen LogP contribution in [0.2, 0.25) is 0 Å². The molecule has 1 N–H and O–H groups in total. The number of hydrogen-bond donors (Lipinski definition) is 1. The Bertz CT molecular complexity index is 630. The standard InChI is InChI=1S/C16H20IN3/c1-10-7-6-8-11(9-10)14-19-13(16(2,3)4)12(17)15(18-5)20-14/h6-9H,1-5H3,(H,18,19,20). The van der Waals surface area contributed by atoms with E-state index in [0.29, 0.717) is 0 Å². The van der Waals surface area contributed by atoms with Crippen LogP contribution < -0.4 is 5.32 Å². The van der Waals surface area contributed by atoms with Crippen molar-refractivity contribution in [2.75, 3.05) is 12.4 Å². The fourth-order valence-corrected chi connectivity index (χ4v) is 3.34. The largest absolute Gasteiger partial charge is 0.372 e. The smallest absolute Gasteiger partial charge is 0.161 e. The molecule has 2 aromatic rings. The van der Waals surface area contributed by atoms with Crippen LogP contribution in [0.15, 0.2) is 24.3 Å². The Labute approximate surface area is 134 Å². The zero-order valence-electron chi connectivity index (χ0n) is 12.6. The van der Waals surface area contributed by atoms with Crippen LogP contribution in [0, 0.1) is 10.5 Å². The lowest BCUT2D eigenvalue weighted by molar-refractivity contribution is 0.564. The second kappa shape index (κ2) is 5.68. The molecule has 0 bridgehead atoms. The molecule has 4 heteroatoms. The molecule has 0 fully saturated rings. The molecule has 0 saturated carbocycles. The van der Waals surface area contributed by atoms with E-state index in [4.69, 9.17) is 4.98 Å². The van der Waals surface area contributed by atoms with Gasteiger partial charge in [-0.1, -0.05) is 44.5 Å². The molecule has 0 amide bonds. The van der Waals surface area contributed by atoms with Crippen molar-refractivity contribution >= 4 is 28.4 Å². The molecule has 0 aliphatic carbocycles. The Kier molecular flexibility index (Phi) is 4.32. The molecule has 1 aromatic heterocycles. The van der Waals surface area contributed by atoms with Gasteiger partial charge in [-0.05, 0) is 35.6 Å². The second-order valence-electron chi connectivity index (χ2n) is 5.93. The summed E-state index contributed by atoms with van der Waals surface area (Å²) in [5, 5.41) is 3.17. The van der Waals surface area contributed by atoms with Gasteiger partial charge in [0.15, 0.2) is 5.82 Å². The van der Waals surface area contributed by atoms with E-state index < -0.39 is 0 Å². The first-order valence-corrected chi connectivity index (χ1v) is 7.73. The minimum Gasteiger partial charge on any atom is -0.372 e. The van der Waals surface area contributed by atoms with E-state index in [1.807, 2.05) is 13.1 Å². The number of halogens is 1. The van der Waals surface area contributed by atoms with E-state index in [1.54, 1.807) is 0 Å². The molecular formula is C16H20IN3. The average molecular weight is 381 g/mol. The third-order valence-electron chi connectivity index (χ3n) is 3.07. The highest BCUT2D eigenvalue weighted by molar-refractivity contribution is 14.1. The topological polar surface area (TPSA) is 37.8 Å². The van der Waals surface area contributed by atoms with E-state index in [0.717, 1.165) is 26.5 Å². The normalized spacial score (nSPS) is 11.5. The highest BCUT2D eigenvalue weighted by Gasteiger charge is 2.23. The van der Waals surface area contributed by atoms with E-state index in [1.165, 1.54) is 5.56 Å². The van der Waals surface area contributed by atoms with Crippen molar-refractivity contribution in [1.82, 2.24) is 9.97 Å². The molecule has 0 radical (unpaired) electrons. The van der Waals surface area contributed by atoms with Crippen LogP contribution in [0.1, 0.15) is 32.0 Å². The zero-order chi connectivity index (χ0) is 14.9. The Morgan fingerprint density at radius 3 is 2.40 bits per heavy atom. The summed E-state index contributed by atoms with van der Waals surface area (Å²) in [6.07, 6.45) is 0. The fraction of sp³-hybridized carbons (Fsp3) is 0.375. The number of benzene rings is 1. The van der Waals surface area contributed by atoms with Crippen molar-refractivity contribution in [2.45, 2.75) is 33.1 Å². The number of nitrogens with zero attached hydrogens (tertiary/aromatic N) is 2. The summed E-state index contributed by atoms with van der Waals surface area (Å²) >= 11 is 2.32. The number of hydrogen-bond acceptors (Lipinski definition) is 3. The summed E-state index contributed by atoms with van der Waals surface area (Å²) in [5.74, 6) is 1.67. The van der Waals surface area contributed by atoms with Crippen molar-refractivity contribution in [3.05, 3.63) is 39.1 Å². The van der Waals surface area contributed by atoms with Gasteiger partial charge in [0, 0.05) is 18.0 Å². The number of anilines is 1. The van der Waals surface area contributed by atoms with Gasteiger partial charge in [-0.3, -0.25) is 0 Å². The van der Waals surface area contributed by atoms with Crippen molar-refractivity contribution in [1.29, 1.82) is 0 Å². The molecule has 0 saturated heterocycles. The summed E-state index contributed by atoms with van der Waals surface area (Å²) < 4.78 is 1.09. The van der Waals surface area contributed by atoms with Crippen molar-refractivity contribution in [3.63, 3.8) is 0 Å². The van der Waals surface area contributed by atoms with Crippen LogP contribution in [0.4, 0.5) is 5.82 Å². The predicted molar refractivity (Wildman–Crippen MR) is 93.2 cm³/mol. The molecule has 0 aliphatic rings. The molecule has 20 heavy (non-hydrogen) atoms. The van der Waals surface area contributed by atoms with Gasteiger partial charge in [-0.15, -0.1) is 0 Å². The lowest BCUT2D eigenvalue weighted by Crippen LogP contribution is -2.18. The zero-order valence-corrected chi connectivity index (χ0v) is 14.7. The third-order valence-corrected chi connectivity index (χ3v) is 4.10. The van der Waals surface area contributed by atoms with E-state index >= 15 is 0 Å². The summed E-state index contributed by atoms with van der Waals surface area (Å²) in [7, 11) is 1.90. The van der Waals surface area contributed by atoms with Gasteiger partial charge in [-0.25, -0.2) is 9.97 Å². The highest BCUT2D eigenvalue weighted by atomic mass is 127. The minimum absolute atomic E-state index is 0.0103. The molecule has 0 unspecified atom stereocenters. The molecule has 106 valence electrons. The molecule has 2 rings (SSSR count). The van der Waals surface area contributed by atoms with E-state index in [-0.39, 0.29) is 5.41 Å². The van der Waals surface area contributed by atoms with Crippen LogP contribution in [-0.2, 0) is 5.41 Å². The van der Waals surface area contributed by atoms with Crippen molar-refractivity contribution < 1.29 is 0 Å². The van der Waals surface area contributed by atoms with Crippen molar-refractivity contribution in [2.24, 2.45) is 0 Å². The van der Waals surface area contributed by atoms with E-state index in [2.05, 4.69) is 78.8 Å². The predicted octanol–water partition coefficient (Wildman–Crippen LogP) is 4.40. The molecule has 0 aliphatic heterocycles. The molecule has 1 aromatic carbocycles. The van der Waals surface area contributed by atoms with Gasteiger partial charge < -0.3 is 5.32 Å². The minimum atomic E-state index is -0.0103. The Balaban J connectivity index is 2.66. The molecular weight excluding hydrogens is 361 g/mol. The number of rotatable bonds is 2. The van der Waals surface area contributed by atoms with Gasteiger partial charge in [0.1, 0.15) is 5.82 Å². The molecule has 1 heterocycles. The number of aromatic nitrogens is 2. The molecule has 0 atom stereocenters. The Morgan fingerprint density at radius 2 is 1.85 bits per heavy atom. The van der Waals surface area contributed by atoms with Crippen LogP contribution in [-0.4, -0.2) is 17.0 Å². The highest BCUT2D eigenvalue weighted by Crippen LogP contribution is 2.31. The van der Waals surface area contributed by atoms with Gasteiger partial charge in [0.25, 0.3) is 0 Å².